The van der Waals surface area contributed by atoms with E-state index < -0.39 is 5.97 Å². The zero-order valence-corrected chi connectivity index (χ0v) is 7.45. The zero-order chi connectivity index (χ0) is 9.84. The molecule has 0 bridgehead atoms. The van der Waals surface area contributed by atoms with Gasteiger partial charge in [-0.05, 0) is 29.7 Å². The van der Waals surface area contributed by atoms with Crippen molar-refractivity contribution in [3.05, 3.63) is 29.3 Å². The van der Waals surface area contributed by atoms with Crippen molar-refractivity contribution < 1.29 is 15.0 Å². The Hall–Kier alpha value is -1.51. The van der Waals surface area contributed by atoms with E-state index in [1.54, 1.807) is 12.1 Å². The van der Waals surface area contributed by atoms with Gasteiger partial charge in [0.2, 0.25) is 0 Å². The van der Waals surface area contributed by atoms with Gasteiger partial charge in [-0.3, -0.25) is 4.79 Å². The summed E-state index contributed by atoms with van der Waals surface area (Å²) >= 11 is 0. The third-order valence-electron chi connectivity index (χ3n) is 1.91. The summed E-state index contributed by atoms with van der Waals surface area (Å²) in [7, 11) is 0. The number of benzene rings is 1. The first kappa shape index (κ1) is 9.58. The third-order valence-corrected chi connectivity index (χ3v) is 1.91. The molecule has 1 rings (SSSR count). The molecule has 0 amide bonds. The highest BCUT2D eigenvalue weighted by molar-refractivity contribution is 5.70. The molecule has 1 aromatic rings. The number of aliphatic carboxylic acids is 1. The number of aryl methyl sites for hydroxylation is 1. The Morgan fingerprint density at radius 3 is 2.62 bits per heavy atom. The zero-order valence-electron chi connectivity index (χ0n) is 7.45. The van der Waals surface area contributed by atoms with Crippen LogP contribution in [0, 0.1) is 0 Å². The molecule has 0 spiro atoms. The second-order valence-electron chi connectivity index (χ2n) is 2.88. The summed E-state index contributed by atoms with van der Waals surface area (Å²) in [6, 6.07) is 4.78. The maximum absolute atomic E-state index is 10.5. The van der Waals surface area contributed by atoms with Crippen molar-refractivity contribution in [3.63, 3.8) is 0 Å². The number of carbonyl (C=O) groups is 1. The summed E-state index contributed by atoms with van der Waals surface area (Å²) in [5, 5.41) is 17.7. The number of rotatable bonds is 3. The van der Waals surface area contributed by atoms with Gasteiger partial charge in [-0.1, -0.05) is 13.0 Å². The van der Waals surface area contributed by atoms with Crippen LogP contribution < -0.4 is 0 Å². The van der Waals surface area contributed by atoms with Crippen LogP contribution in [0.3, 0.4) is 0 Å². The van der Waals surface area contributed by atoms with Crippen LogP contribution in [0.25, 0.3) is 0 Å². The molecule has 0 aliphatic carbocycles. The van der Waals surface area contributed by atoms with E-state index in [4.69, 9.17) is 10.2 Å². The van der Waals surface area contributed by atoms with E-state index in [9.17, 15) is 4.79 Å². The lowest BCUT2D eigenvalue weighted by Crippen LogP contribution is -2.02. The molecule has 0 unspecified atom stereocenters. The molecule has 0 radical (unpaired) electrons. The molecule has 3 nitrogen and oxygen atoms in total. The quantitative estimate of drug-likeness (QED) is 0.742. The van der Waals surface area contributed by atoms with Gasteiger partial charge in [0.1, 0.15) is 5.75 Å². The Bertz CT molecular complexity index is 318. The largest absolute Gasteiger partial charge is 0.508 e. The fourth-order valence-corrected chi connectivity index (χ4v) is 1.28. The number of hydrogen-bond donors (Lipinski definition) is 2. The Kier molecular flexibility index (Phi) is 2.90. The van der Waals surface area contributed by atoms with Crippen LogP contribution in [0.15, 0.2) is 18.2 Å². The predicted molar refractivity (Wildman–Crippen MR) is 48.8 cm³/mol. The summed E-state index contributed by atoms with van der Waals surface area (Å²) < 4.78 is 0. The predicted octanol–water partition coefficient (Wildman–Crippen LogP) is 1.58. The maximum Gasteiger partial charge on any atom is 0.307 e. The Morgan fingerprint density at radius 1 is 1.38 bits per heavy atom. The van der Waals surface area contributed by atoms with Gasteiger partial charge in [0.05, 0.1) is 6.42 Å². The number of carboxylic acid groups (broad SMARTS) is 1. The molecule has 70 valence electrons. The van der Waals surface area contributed by atoms with Crippen LogP contribution in [-0.2, 0) is 17.6 Å². The fraction of sp³-hybridized carbons (Fsp3) is 0.300. The number of phenolic OH excluding ortho intramolecular Hbond substituents is 1. The molecule has 3 heteroatoms. The highest BCUT2D eigenvalue weighted by Crippen LogP contribution is 2.17. The topological polar surface area (TPSA) is 57.5 Å². The van der Waals surface area contributed by atoms with Gasteiger partial charge in [0.15, 0.2) is 0 Å². The van der Waals surface area contributed by atoms with Gasteiger partial charge >= 0.3 is 5.97 Å². The molecule has 0 saturated carbocycles. The van der Waals surface area contributed by atoms with Crippen LogP contribution in [0.1, 0.15) is 18.1 Å². The van der Waals surface area contributed by atoms with Crippen molar-refractivity contribution in [3.8, 4) is 5.75 Å². The maximum atomic E-state index is 10.5. The summed E-state index contributed by atoms with van der Waals surface area (Å²) in [5.41, 5.74) is 1.66. The Morgan fingerprint density at radius 2 is 2.08 bits per heavy atom. The first-order chi connectivity index (χ1) is 6.13. The molecule has 0 aromatic heterocycles. The minimum atomic E-state index is -0.847. The molecule has 0 heterocycles. The number of aromatic hydroxyl groups is 1. The smallest absolute Gasteiger partial charge is 0.307 e. The fourth-order valence-electron chi connectivity index (χ4n) is 1.28. The SMILES string of the molecule is CCc1cc(O)ccc1CC(=O)O. The molecule has 0 aliphatic heterocycles. The standard InChI is InChI=1S/C10H12O3/c1-2-7-5-9(11)4-3-8(7)6-10(12)13/h3-5,11H,2,6H2,1H3,(H,12,13). The second-order valence-corrected chi connectivity index (χ2v) is 2.88. The van der Waals surface area contributed by atoms with Crippen molar-refractivity contribution in [1.29, 1.82) is 0 Å². The number of hydrogen-bond acceptors (Lipinski definition) is 2. The first-order valence-corrected chi connectivity index (χ1v) is 4.16. The second kappa shape index (κ2) is 3.94. The third kappa shape index (κ3) is 2.47. The minimum Gasteiger partial charge on any atom is -0.508 e. The van der Waals surface area contributed by atoms with E-state index in [1.807, 2.05) is 6.92 Å². The normalized spacial score (nSPS) is 9.92. The molecular weight excluding hydrogens is 168 g/mol. The molecule has 13 heavy (non-hydrogen) atoms. The van der Waals surface area contributed by atoms with Crippen molar-refractivity contribution in [2.45, 2.75) is 19.8 Å². The van der Waals surface area contributed by atoms with E-state index >= 15 is 0 Å². The van der Waals surface area contributed by atoms with Crippen molar-refractivity contribution in [2.24, 2.45) is 0 Å². The van der Waals surface area contributed by atoms with Gasteiger partial charge in [0.25, 0.3) is 0 Å². The number of phenols is 1. The van der Waals surface area contributed by atoms with Gasteiger partial charge in [-0.15, -0.1) is 0 Å². The molecular formula is C10H12O3. The lowest BCUT2D eigenvalue weighted by atomic mass is 10.0. The molecule has 0 aliphatic rings. The molecule has 2 N–H and O–H groups in total. The lowest BCUT2D eigenvalue weighted by molar-refractivity contribution is -0.136. The summed E-state index contributed by atoms with van der Waals surface area (Å²) in [6.45, 7) is 1.93. The van der Waals surface area contributed by atoms with Crippen LogP contribution in [0.5, 0.6) is 5.75 Å². The van der Waals surface area contributed by atoms with Gasteiger partial charge in [-0.2, -0.15) is 0 Å². The lowest BCUT2D eigenvalue weighted by Gasteiger charge is -2.05. The number of carboxylic acids is 1. The Balaban J connectivity index is 2.99. The van der Waals surface area contributed by atoms with Crippen molar-refractivity contribution in [2.75, 3.05) is 0 Å². The average Bonchev–Trinajstić information content (AvgIpc) is 2.07. The Labute approximate surface area is 76.6 Å². The molecule has 1 aromatic carbocycles. The average molecular weight is 180 g/mol. The summed E-state index contributed by atoms with van der Waals surface area (Å²) in [6.07, 6.45) is 0.750. The van der Waals surface area contributed by atoms with Gasteiger partial charge in [0, 0.05) is 0 Å². The van der Waals surface area contributed by atoms with Gasteiger partial charge in [-0.25, -0.2) is 0 Å². The van der Waals surface area contributed by atoms with Crippen LogP contribution >= 0.6 is 0 Å². The summed E-state index contributed by atoms with van der Waals surface area (Å²) in [4.78, 5) is 10.5. The van der Waals surface area contributed by atoms with E-state index in [1.165, 1.54) is 6.07 Å². The highest BCUT2D eigenvalue weighted by atomic mass is 16.4. The van der Waals surface area contributed by atoms with E-state index in [2.05, 4.69) is 0 Å². The van der Waals surface area contributed by atoms with E-state index in [0.29, 0.717) is 0 Å². The minimum absolute atomic E-state index is 0.0173. The molecule has 0 saturated heterocycles. The highest BCUT2D eigenvalue weighted by Gasteiger charge is 2.05. The van der Waals surface area contributed by atoms with E-state index in [0.717, 1.165) is 17.5 Å². The monoisotopic (exact) mass is 180 g/mol. The van der Waals surface area contributed by atoms with Crippen LogP contribution in [0.4, 0.5) is 0 Å². The van der Waals surface area contributed by atoms with Crippen LogP contribution in [-0.4, -0.2) is 16.2 Å². The molecule has 0 atom stereocenters. The first-order valence-electron chi connectivity index (χ1n) is 4.16. The van der Waals surface area contributed by atoms with E-state index in [-0.39, 0.29) is 12.2 Å². The van der Waals surface area contributed by atoms with Crippen LogP contribution in [0.2, 0.25) is 0 Å². The molecule has 0 fully saturated rings. The summed E-state index contributed by atoms with van der Waals surface area (Å²) in [5.74, 6) is -0.661. The van der Waals surface area contributed by atoms with Gasteiger partial charge < -0.3 is 10.2 Å². The van der Waals surface area contributed by atoms with Crippen molar-refractivity contribution >= 4 is 5.97 Å². The van der Waals surface area contributed by atoms with Crippen molar-refractivity contribution in [1.82, 2.24) is 0 Å².